The molecular weight excluding hydrogens is 248 g/mol. The summed E-state index contributed by atoms with van der Waals surface area (Å²) < 4.78 is 0. The number of hydrogen-bond acceptors (Lipinski definition) is 3. The van der Waals surface area contributed by atoms with Crippen LogP contribution in [0.4, 0.5) is 0 Å². The lowest BCUT2D eigenvalue weighted by Gasteiger charge is -1.98. The van der Waals surface area contributed by atoms with Gasteiger partial charge in [0.25, 0.3) is 0 Å². The number of para-hydroxylation sites is 2. The second kappa shape index (κ2) is 6.44. The molecule has 0 spiro atoms. The van der Waals surface area contributed by atoms with Crippen LogP contribution in [0, 0.1) is 0 Å². The first kappa shape index (κ1) is 13.0. The highest BCUT2D eigenvalue weighted by Crippen LogP contribution is 2.12. The van der Waals surface area contributed by atoms with Gasteiger partial charge in [-0.3, -0.25) is 4.79 Å². The van der Waals surface area contributed by atoms with E-state index in [-0.39, 0.29) is 6.42 Å². The normalized spacial score (nSPS) is 10.9. The lowest BCUT2D eigenvalue weighted by Crippen LogP contribution is -1.96. The molecule has 2 rings (SSSR count). The Hall–Kier alpha value is -1.49. The molecule has 1 heterocycles. The quantitative estimate of drug-likeness (QED) is 0.755. The van der Waals surface area contributed by atoms with E-state index in [1.54, 1.807) is 11.8 Å². The van der Waals surface area contributed by atoms with Crippen molar-refractivity contribution in [3.63, 3.8) is 0 Å². The standard InChI is InChI=1S/C13H16N2O2S/c16-13(17)6-3-8-18-9-7-12-14-10-4-1-2-5-11(10)15-12/h1-2,4-5H,3,6-9H2,(H,14,15)(H,16,17). The smallest absolute Gasteiger partial charge is 0.303 e. The Labute approximate surface area is 110 Å². The van der Waals surface area contributed by atoms with Crippen LogP contribution in [0.3, 0.4) is 0 Å². The van der Waals surface area contributed by atoms with Gasteiger partial charge in [-0.05, 0) is 24.3 Å². The molecule has 0 atom stereocenters. The number of H-pyrrole nitrogens is 1. The first-order chi connectivity index (χ1) is 8.75. The fraction of sp³-hybridized carbons (Fsp3) is 0.385. The summed E-state index contributed by atoms with van der Waals surface area (Å²) in [6.07, 6.45) is 1.89. The number of carboxylic acids is 1. The van der Waals surface area contributed by atoms with Crippen molar-refractivity contribution >= 4 is 28.8 Å². The predicted molar refractivity (Wildman–Crippen MR) is 74.0 cm³/mol. The van der Waals surface area contributed by atoms with Crippen molar-refractivity contribution in [3.05, 3.63) is 30.1 Å². The Kier molecular flexibility index (Phi) is 4.64. The van der Waals surface area contributed by atoms with Crippen molar-refractivity contribution in [2.75, 3.05) is 11.5 Å². The predicted octanol–water partition coefficient (Wildman–Crippen LogP) is 2.70. The fourth-order valence-corrected chi connectivity index (χ4v) is 2.61. The van der Waals surface area contributed by atoms with Crippen molar-refractivity contribution in [3.8, 4) is 0 Å². The zero-order chi connectivity index (χ0) is 12.8. The number of fused-ring (bicyclic) bond motifs is 1. The average molecular weight is 264 g/mol. The van der Waals surface area contributed by atoms with E-state index in [9.17, 15) is 4.79 Å². The number of benzene rings is 1. The third kappa shape index (κ3) is 3.77. The molecule has 0 radical (unpaired) electrons. The molecule has 4 nitrogen and oxygen atoms in total. The van der Waals surface area contributed by atoms with Crippen LogP contribution >= 0.6 is 11.8 Å². The van der Waals surface area contributed by atoms with Crippen LogP contribution in [0.2, 0.25) is 0 Å². The molecule has 5 heteroatoms. The number of carboxylic acid groups (broad SMARTS) is 1. The molecule has 0 unspecified atom stereocenters. The first-order valence-electron chi connectivity index (χ1n) is 5.99. The van der Waals surface area contributed by atoms with E-state index in [1.165, 1.54) is 0 Å². The minimum atomic E-state index is -0.715. The number of imidazole rings is 1. The summed E-state index contributed by atoms with van der Waals surface area (Å²) >= 11 is 1.78. The van der Waals surface area contributed by atoms with Gasteiger partial charge in [0.15, 0.2) is 0 Å². The van der Waals surface area contributed by atoms with Crippen molar-refractivity contribution in [1.29, 1.82) is 0 Å². The Bertz CT molecular complexity index is 491. The molecule has 0 amide bonds. The number of aromatic nitrogens is 2. The highest BCUT2D eigenvalue weighted by molar-refractivity contribution is 7.99. The van der Waals surface area contributed by atoms with E-state index in [0.717, 1.165) is 41.2 Å². The Morgan fingerprint density at radius 3 is 2.94 bits per heavy atom. The summed E-state index contributed by atoms with van der Waals surface area (Å²) in [5, 5.41) is 8.50. The fourth-order valence-electron chi connectivity index (χ4n) is 1.72. The van der Waals surface area contributed by atoms with Crippen molar-refractivity contribution in [2.24, 2.45) is 0 Å². The number of nitrogens with one attached hydrogen (secondary N) is 1. The van der Waals surface area contributed by atoms with Gasteiger partial charge >= 0.3 is 5.97 Å². The molecular formula is C13H16N2O2S. The highest BCUT2D eigenvalue weighted by atomic mass is 32.2. The second-order valence-electron chi connectivity index (χ2n) is 4.06. The molecule has 0 saturated heterocycles. The van der Waals surface area contributed by atoms with Gasteiger partial charge in [-0.1, -0.05) is 12.1 Å². The SMILES string of the molecule is O=C(O)CCCSCCc1nc2ccccc2[nH]1. The van der Waals surface area contributed by atoms with Crippen molar-refractivity contribution in [2.45, 2.75) is 19.3 Å². The maximum Gasteiger partial charge on any atom is 0.303 e. The average Bonchev–Trinajstić information content (AvgIpc) is 2.75. The van der Waals surface area contributed by atoms with E-state index < -0.39 is 5.97 Å². The van der Waals surface area contributed by atoms with Crippen LogP contribution in [-0.4, -0.2) is 32.5 Å². The molecule has 96 valence electrons. The maximum absolute atomic E-state index is 10.3. The molecule has 0 aliphatic rings. The number of carbonyl (C=O) groups is 1. The molecule has 0 saturated carbocycles. The van der Waals surface area contributed by atoms with Gasteiger partial charge < -0.3 is 10.1 Å². The van der Waals surface area contributed by atoms with Crippen molar-refractivity contribution < 1.29 is 9.90 Å². The largest absolute Gasteiger partial charge is 0.481 e. The van der Waals surface area contributed by atoms with E-state index in [1.807, 2.05) is 24.3 Å². The molecule has 1 aromatic carbocycles. The molecule has 0 bridgehead atoms. The summed E-state index contributed by atoms with van der Waals surface area (Å²) in [7, 11) is 0. The Morgan fingerprint density at radius 1 is 1.33 bits per heavy atom. The van der Waals surface area contributed by atoms with Gasteiger partial charge in [0.2, 0.25) is 0 Å². The van der Waals surface area contributed by atoms with Gasteiger partial charge in [-0.25, -0.2) is 4.98 Å². The van der Waals surface area contributed by atoms with Crippen LogP contribution in [0.15, 0.2) is 24.3 Å². The number of aromatic amines is 1. The van der Waals surface area contributed by atoms with Gasteiger partial charge in [-0.15, -0.1) is 0 Å². The number of rotatable bonds is 7. The molecule has 0 aliphatic carbocycles. The number of aliphatic carboxylic acids is 1. The first-order valence-corrected chi connectivity index (χ1v) is 7.14. The van der Waals surface area contributed by atoms with E-state index in [0.29, 0.717) is 0 Å². The van der Waals surface area contributed by atoms with Crippen LogP contribution < -0.4 is 0 Å². The highest BCUT2D eigenvalue weighted by Gasteiger charge is 2.02. The monoisotopic (exact) mass is 264 g/mol. The summed E-state index contributed by atoms with van der Waals surface area (Å²) in [5.41, 5.74) is 2.08. The summed E-state index contributed by atoms with van der Waals surface area (Å²) in [5.74, 6) is 2.15. The van der Waals surface area contributed by atoms with Gasteiger partial charge in [0, 0.05) is 18.6 Å². The third-order valence-corrected chi connectivity index (χ3v) is 3.67. The second-order valence-corrected chi connectivity index (χ2v) is 5.29. The van der Waals surface area contributed by atoms with Gasteiger partial charge in [0.1, 0.15) is 5.82 Å². The zero-order valence-corrected chi connectivity index (χ0v) is 10.9. The number of aryl methyl sites for hydroxylation is 1. The number of thioether (sulfide) groups is 1. The lowest BCUT2D eigenvalue weighted by atomic mass is 10.3. The molecule has 2 aromatic rings. The van der Waals surface area contributed by atoms with Crippen LogP contribution in [-0.2, 0) is 11.2 Å². The van der Waals surface area contributed by atoms with Crippen molar-refractivity contribution in [1.82, 2.24) is 9.97 Å². The maximum atomic E-state index is 10.3. The molecule has 2 N–H and O–H groups in total. The zero-order valence-electron chi connectivity index (χ0n) is 10.1. The summed E-state index contributed by atoms with van der Waals surface area (Å²) in [6, 6.07) is 7.99. The minimum Gasteiger partial charge on any atom is -0.481 e. The lowest BCUT2D eigenvalue weighted by molar-refractivity contribution is -0.137. The minimum absolute atomic E-state index is 0.262. The number of hydrogen-bond donors (Lipinski definition) is 2. The van der Waals surface area contributed by atoms with Crippen LogP contribution in [0.25, 0.3) is 11.0 Å². The molecule has 0 fully saturated rings. The molecule has 18 heavy (non-hydrogen) atoms. The van der Waals surface area contributed by atoms with Crippen LogP contribution in [0.5, 0.6) is 0 Å². The van der Waals surface area contributed by atoms with Crippen LogP contribution in [0.1, 0.15) is 18.7 Å². The van der Waals surface area contributed by atoms with Gasteiger partial charge in [-0.2, -0.15) is 11.8 Å². The van der Waals surface area contributed by atoms with E-state index >= 15 is 0 Å². The topological polar surface area (TPSA) is 66.0 Å². The number of nitrogens with zero attached hydrogens (tertiary/aromatic N) is 1. The third-order valence-electron chi connectivity index (χ3n) is 2.60. The molecule has 1 aromatic heterocycles. The summed E-state index contributed by atoms with van der Waals surface area (Å²) in [4.78, 5) is 18.1. The molecule has 0 aliphatic heterocycles. The van der Waals surface area contributed by atoms with E-state index in [2.05, 4.69) is 9.97 Å². The summed E-state index contributed by atoms with van der Waals surface area (Å²) in [6.45, 7) is 0. The Balaban J connectivity index is 1.72. The Morgan fingerprint density at radius 2 is 2.17 bits per heavy atom. The van der Waals surface area contributed by atoms with E-state index in [4.69, 9.17) is 5.11 Å². The van der Waals surface area contributed by atoms with Gasteiger partial charge in [0.05, 0.1) is 11.0 Å².